The van der Waals surface area contributed by atoms with Gasteiger partial charge in [0.1, 0.15) is 12.4 Å². The van der Waals surface area contributed by atoms with Crippen molar-refractivity contribution in [3.8, 4) is 0 Å². The summed E-state index contributed by atoms with van der Waals surface area (Å²) < 4.78 is 13.3. The van der Waals surface area contributed by atoms with Gasteiger partial charge < -0.3 is 5.32 Å². The molecule has 2 aliphatic rings. The monoisotopic (exact) mass is 395 g/mol. The van der Waals surface area contributed by atoms with Gasteiger partial charge in [0.2, 0.25) is 5.91 Å². The lowest BCUT2D eigenvalue weighted by Crippen LogP contribution is -2.43. The van der Waals surface area contributed by atoms with Crippen molar-refractivity contribution in [3.05, 3.63) is 59.4 Å². The number of nitrogens with one attached hydrogen (secondary N) is 1. The molecule has 2 atom stereocenters. The van der Waals surface area contributed by atoms with E-state index in [1.807, 2.05) is 19.9 Å². The number of halogens is 1. The van der Waals surface area contributed by atoms with Crippen LogP contribution < -0.4 is 10.2 Å². The van der Waals surface area contributed by atoms with Gasteiger partial charge in [0.15, 0.2) is 12.1 Å². The minimum absolute atomic E-state index is 0.285. The highest BCUT2D eigenvalue weighted by Crippen LogP contribution is 2.32. The van der Waals surface area contributed by atoms with Crippen molar-refractivity contribution in [1.29, 1.82) is 0 Å². The predicted molar refractivity (Wildman–Crippen MR) is 103 cm³/mol. The molecule has 0 bridgehead atoms. The maximum atomic E-state index is 13.3. The van der Waals surface area contributed by atoms with Crippen molar-refractivity contribution in [2.75, 3.05) is 16.8 Å². The van der Waals surface area contributed by atoms with Crippen LogP contribution in [0.15, 0.2) is 52.8 Å². The summed E-state index contributed by atoms with van der Waals surface area (Å²) in [5, 5.41) is 11.5. The van der Waals surface area contributed by atoms with Gasteiger partial charge in [-0.1, -0.05) is 17.4 Å². The van der Waals surface area contributed by atoms with Gasteiger partial charge in [-0.25, -0.2) is 9.29 Å². The third-order valence-corrected chi connectivity index (χ3v) is 5.02. The second kappa shape index (κ2) is 7.08. The van der Waals surface area contributed by atoms with E-state index in [1.165, 1.54) is 23.2 Å². The molecule has 3 amide bonds. The number of imide groups is 1. The molecule has 1 saturated heterocycles. The molecule has 2 heterocycles. The lowest BCUT2D eigenvalue weighted by atomic mass is 10.1. The fourth-order valence-corrected chi connectivity index (χ4v) is 3.39. The van der Waals surface area contributed by atoms with Crippen LogP contribution in [-0.4, -0.2) is 41.4 Å². The molecule has 148 valence electrons. The Morgan fingerprint density at radius 3 is 2.62 bits per heavy atom. The van der Waals surface area contributed by atoms with E-state index in [1.54, 1.807) is 18.2 Å². The number of hydrogen-bond acceptors (Lipinski definition) is 6. The van der Waals surface area contributed by atoms with Crippen LogP contribution in [0.2, 0.25) is 0 Å². The minimum atomic E-state index is -0.980. The summed E-state index contributed by atoms with van der Waals surface area (Å²) >= 11 is 0. The maximum absolute atomic E-state index is 13.3. The molecule has 2 aromatic carbocycles. The Hall–Kier alpha value is -3.62. The fourth-order valence-electron chi connectivity index (χ4n) is 3.39. The Balaban J connectivity index is 1.50. The average molecular weight is 395 g/mol. The van der Waals surface area contributed by atoms with Crippen molar-refractivity contribution in [2.24, 2.45) is 10.3 Å². The number of nitrogens with zero attached hydrogens (tertiary/aromatic N) is 4. The number of rotatable bonds is 4. The molecule has 0 aromatic heterocycles. The summed E-state index contributed by atoms with van der Waals surface area (Å²) in [6.07, 6.45) is 0. The van der Waals surface area contributed by atoms with E-state index in [4.69, 9.17) is 0 Å². The smallest absolute Gasteiger partial charge is 0.263 e. The van der Waals surface area contributed by atoms with Crippen LogP contribution >= 0.6 is 0 Å². The Morgan fingerprint density at radius 1 is 1.10 bits per heavy atom. The number of anilines is 2. The van der Waals surface area contributed by atoms with Gasteiger partial charge in [-0.2, -0.15) is 5.11 Å². The first kappa shape index (κ1) is 18.7. The quantitative estimate of drug-likeness (QED) is 0.804. The summed E-state index contributed by atoms with van der Waals surface area (Å²) in [7, 11) is 0. The number of hydrogen-bond donors (Lipinski definition) is 1. The van der Waals surface area contributed by atoms with Gasteiger partial charge >= 0.3 is 0 Å². The van der Waals surface area contributed by atoms with Crippen LogP contribution in [0.3, 0.4) is 0 Å². The molecule has 2 aliphatic heterocycles. The van der Waals surface area contributed by atoms with E-state index >= 15 is 0 Å². The zero-order chi connectivity index (χ0) is 20.7. The number of carbonyl (C=O) groups excluding carboxylic acids is 3. The summed E-state index contributed by atoms with van der Waals surface area (Å²) in [5.74, 6) is -1.93. The number of amides is 3. The summed E-state index contributed by atoms with van der Waals surface area (Å²) in [6.45, 7) is 3.54. The zero-order valence-electron chi connectivity index (χ0n) is 15.8. The Bertz CT molecular complexity index is 1050. The van der Waals surface area contributed by atoms with Crippen LogP contribution in [0.5, 0.6) is 0 Å². The Labute approximate surface area is 166 Å². The molecule has 2 aromatic rings. The Kier molecular flexibility index (Phi) is 4.57. The van der Waals surface area contributed by atoms with Gasteiger partial charge in [-0.05, 0) is 55.3 Å². The molecule has 8 nitrogen and oxygen atoms in total. The molecule has 0 spiro atoms. The molecular weight excluding hydrogens is 377 g/mol. The largest absolute Gasteiger partial charge is 0.324 e. The lowest BCUT2D eigenvalue weighted by molar-refractivity contribution is -0.123. The van der Waals surface area contributed by atoms with Gasteiger partial charge in [0, 0.05) is 5.69 Å². The van der Waals surface area contributed by atoms with Crippen LogP contribution in [0, 0.1) is 19.7 Å². The van der Waals surface area contributed by atoms with Gasteiger partial charge in [0.05, 0.1) is 5.69 Å². The standard InChI is InChI=1S/C20H18FN5O3/c1-11-6-7-15(8-12(11)2)26-19(28)17-18(20(26)29)25(24-23-17)10-16(27)22-14-5-3-4-13(21)9-14/h3-9,17-18H,10H2,1-2H3,(H,22,27)/t17-,18+/m1/s1. The highest BCUT2D eigenvalue weighted by atomic mass is 19.1. The second-order valence-electron chi connectivity index (χ2n) is 7.03. The predicted octanol–water partition coefficient (Wildman–Crippen LogP) is 2.37. The molecule has 9 heteroatoms. The van der Waals surface area contributed by atoms with Crippen LogP contribution in [-0.2, 0) is 14.4 Å². The number of benzene rings is 2. The molecule has 0 aliphatic carbocycles. The molecule has 4 rings (SSSR count). The van der Waals surface area contributed by atoms with Crippen LogP contribution in [0.4, 0.5) is 15.8 Å². The third kappa shape index (κ3) is 3.35. The molecule has 1 fully saturated rings. The van der Waals surface area contributed by atoms with E-state index < -0.39 is 35.6 Å². The second-order valence-corrected chi connectivity index (χ2v) is 7.03. The van der Waals surface area contributed by atoms with Crippen LogP contribution in [0.1, 0.15) is 11.1 Å². The summed E-state index contributed by atoms with van der Waals surface area (Å²) in [4.78, 5) is 39.1. The molecule has 0 unspecified atom stereocenters. The fraction of sp³-hybridized carbons (Fsp3) is 0.250. The Morgan fingerprint density at radius 2 is 1.90 bits per heavy atom. The molecule has 0 radical (unpaired) electrons. The first-order valence-corrected chi connectivity index (χ1v) is 9.03. The number of aryl methyl sites for hydroxylation is 2. The van der Waals surface area contributed by atoms with Gasteiger partial charge in [-0.15, -0.1) is 0 Å². The maximum Gasteiger partial charge on any atom is 0.263 e. The molecular formula is C20H18FN5O3. The van der Waals surface area contributed by atoms with Crippen molar-refractivity contribution in [2.45, 2.75) is 25.9 Å². The number of fused-ring (bicyclic) bond motifs is 1. The first-order valence-electron chi connectivity index (χ1n) is 9.03. The van der Waals surface area contributed by atoms with Crippen molar-refractivity contribution in [3.63, 3.8) is 0 Å². The average Bonchev–Trinajstić information content (AvgIpc) is 3.18. The van der Waals surface area contributed by atoms with Crippen molar-refractivity contribution >= 4 is 29.1 Å². The minimum Gasteiger partial charge on any atom is -0.324 e. The normalized spacial score (nSPS) is 20.4. The van der Waals surface area contributed by atoms with E-state index in [0.717, 1.165) is 16.0 Å². The zero-order valence-corrected chi connectivity index (χ0v) is 15.8. The van der Waals surface area contributed by atoms with E-state index in [9.17, 15) is 18.8 Å². The van der Waals surface area contributed by atoms with Gasteiger partial charge in [0.25, 0.3) is 11.8 Å². The van der Waals surface area contributed by atoms with E-state index in [-0.39, 0.29) is 12.2 Å². The van der Waals surface area contributed by atoms with Crippen LogP contribution in [0.25, 0.3) is 0 Å². The highest BCUT2D eigenvalue weighted by Gasteiger charge is 2.55. The molecule has 1 N–H and O–H groups in total. The van der Waals surface area contributed by atoms with E-state index in [2.05, 4.69) is 15.7 Å². The first-order chi connectivity index (χ1) is 13.8. The third-order valence-electron chi connectivity index (χ3n) is 5.02. The highest BCUT2D eigenvalue weighted by molar-refractivity contribution is 6.25. The van der Waals surface area contributed by atoms with Gasteiger partial charge in [-0.3, -0.25) is 19.4 Å². The summed E-state index contributed by atoms with van der Waals surface area (Å²) in [5.41, 5.74) is 2.75. The molecule has 0 saturated carbocycles. The topological polar surface area (TPSA) is 94.4 Å². The number of carbonyl (C=O) groups is 3. The van der Waals surface area contributed by atoms with Crippen molar-refractivity contribution < 1.29 is 18.8 Å². The SMILES string of the molecule is Cc1ccc(N2C(=O)[C@@H]3[C@@H](N=NN3CC(=O)Nc3cccc(F)c3)C2=O)cc1C. The lowest BCUT2D eigenvalue weighted by Gasteiger charge is -2.20. The summed E-state index contributed by atoms with van der Waals surface area (Å²) in [6, 6.07) is 8.82. The molecule has 29 heavy (non-hydrogen) atoms. The van der Waals surface area contributed by atoms with E-state index in [0.29, 0.717) is 5.69 Å². The van der Waals surface area contributed by atoms with Crippen molar-refractivity contribution in [1.82, 2.24) is 5.01 Å².